The Balaban J connectivity index is 1.85. The zero-order valence-electron chi connectivity index (χ0n) is 11.8. The molecule has 1 N–H and O–H groups in total. The fourth-order valence-corrected chi connectivity index (χ4v) is 3.51. The Morgan fingerprint density at radius 1 is 1.45 bits per heavy atom. The minimum Gasteiger partial charge on any atom is -0.364 e. The molecule has 3 rings (SSSR count). The van der Waals surface area contributed by atoms with Crippen LogP contribution in [0.2, 0.25) is 0 Å². The second-order valence-electron chi connectivity index (χ2n) is 5.85. The average molecular weight is 341 g/mol. The summed E-state index contributed by atoms with van der Waals surface area (Å²) >= 11 is 3.49. The molecule has 6 heteroatoms. The molecular weight excluding hydrogens is 320 g/mol. The summed E-state index contributed by atoms with van der Waals surface area (Å²) in [5.41, 5.74) is 0.820. The Labute approximate surface area is 127 Å². The smallest absolute Gasteiger partial charge is 0.291 e. The molecule has 0 spiro atoms. The standard InChI is InChI=1S/C14H21BrN4O/c1-16-11-5-6-18(9-11)13-12(15)7-17-19(14(13)20)8-10-3-2-4-10/h7,10-11,16H,2-6,8-9H2,1H3. The van der Waals surface area contributed by atoms with Gasteiger partial charge in [0.15, 0.2) is 0 Å². The van der Waals surface area contributed by atoms with Gasteiger partial charge in [-0.2, -0.15) is 5.10 Å². The Bertz CT molecular complexity index is 540. The Morgan fingerprint density at radius 2 is 2.25 bits per heavy atom. The van der Waals surface area contributed by atoms with Gasteiger partial charge in [0.2, 0.25) is 0 Å². The lowest BCUT2D eigenvalue weighted by molar-refractivity contribution is 0.261. The molecule has 1 atom stereocenters. The van der Waals surface area contributed by atoms with Crippen molar-refractivity contribution in [1.82, 2.24) is 15.1 Å². The van der Waals surface area contributed by atoms with Gasteiger partial charge in [-0.05, 0) is 48.2 Å². The van der Waals surface area contributed by atoms with Gasteiger partial charge in [0.05, 0.1) is 10.7 Å². The van der Waals surface area contributed by atoms with Crippen LogP contribution < -0.4 is 15.8 Å². The molecule has 1 saturated carbocycles. The minimum absolute atomic E-state index is 0.0445. The highest BCUT2D eigenvalue weighted by molar-refractivity contribution is 9.10. The van der Waals surface area contributed by atoms with Crippen molar-refractivity contribution in [2.45, 2.75) is 38.3 Å². The SMILES string of the molecule is CNC1CCN(c2c(Br)cnn(CC3CCC3)c2=O)C1. The maximum absolute atomic E-state index is 12.7. The van der Waals surface area contributed by atoms with Gasteiger partial charge in [-0.3, -0.25) is 4.79 Å². The van der Waals surface area contributed by atoms with Crippen molar-refractivity contribution < 1.29 is 0 Å². The Morgan fingerprint density at radius 3 is 2.85 bits per heavy atom. The monoisotopic (exact) mass is 340 g/mol. The number of nitrogens with zero attached hydrogens (tertiary/aromatic N) is 3. The number of anilines is 1. The molecule has 1 aromatic rings. The van der Waals surface area contributed by atoms with E-state index in [2.05, 4.69) is 31.2 Å². The molecule has 110 valence electrons. The molecule has 5 nitrogen and oxygen atoms in total. The van der Waals surface area contributed by atoms with E-state index in [-0.39, 0.29) is 5.56 Å². The fourth-order valence-electron chi connectivity index (χ4n) is 2.99. The first-order chi connectivity index (χ1) is 9.69. The molecule has 0 bridgehead atoms. The maximum atomic E-state index is 12.7. The highest BCUT2D eigenvalue weighted by Gasteiger charge is 2.26. The third kappa shape index (κ3) is 2.63. The van der Waals surface area contributed by atoms with Crippen LogP contribution in [0.25, 0.3) is 0 Å². The van der Waals surface area contributed by atoms with E-state index in [1.54, 1.807) is 10.9 Å². The van der Waals surface area contributed by atoms with Gasteiger partial charge in [-0.1, -0.05) is 6.42 Å². The molecule has 1 aliphatic heterocycles. The highest BCUT2D eigenvalue weighted by Crippen LogP contribution is 2.28. The van der Waals surface area contributed by atoms with E-state index in [9.17, 15) is 4.79 Å². The van der Waals surface area contributed by atoms with Gasteiger partial charge in [0.1, 0.15) is 5.69 Å². The van der Waals surface area contributed by atoms with Gasteiger partial charge in [0, 0.05) is 25.7 Å². The second-order valence-corrected chi connectivity index (χ2v) is 6.70. The molecule has 1 saturated heterocycles. The summed E-state index contributed by atoms with van der Waals surface area (Å²) in [5, 5.41) is 7.57. The van der Waals surface area contributed by atoms with Gasteiger partial charge >= 0.3 is 0 Å². The predicted molar refractivity (Wildman–Crippen MR) is 83.2 cm³/mol. The minimum atomic E-state index is 0.0445. The quantitative estimate of drug-likeness (QED) is 0.904. The summed E-state index contributed by atoms with van der Waals surface area (Å²) < 4.78 is 2.46. The Kier molecular flexibility index (Phi) is 4.12. The first kappa shape index (κ1) is 14.1. The number of halogens is 1. The van der Waals surface area contributed by atoms with Gasteiger partial charge in [-0.25, -0.2) is 4.68 Å². The molecule has 2 fully saturated rings. The average Bonchev–Trinajstić information content (AvgIpc) is 2.84. The number of aromatic nitrogens is 2. The fraction of sp³-hybridized carbons (Fsp3) is 0.714. The summed E-state index contributed by atoms with van der Waals surface area (Å²) in [4.78, 5) is 14.8. The zero-order chi connectivity index (χ0) is 14.1. The van der Waals surface area contributed by atoms with Gasteiger partial charge < -0.3 is 10.2 Å². The van der Waals surface area contributed by atoms with Crippen molar-refractivity contribution in [2.24, 2.45) is 5.92 Å². The van der Waals surface area contributed by atoms with Crippen LogP contribution in [0.3, 0.4) is 0 Å². The van der Waals surface area contributed by atoms with Crippen molar-refractivity contribution in [1.29, 1.82) is 0 Å². The van der Waals surface area contributed by atoms with Gasteiger partial charge in [-0.15, -0.1) is 0 Å². The van der Waals surface area contributed by atoms with Gasteiger partial charge in [0.25, 0.3) is 5.56 Å². The Hall–Kier alpha value is -0.880. The molecule has 20 heavy (non-hydrogen) atoms. The predicted octanol–water partition coefficient (Wildman–Crippen LogP) is 1.60. The largest absolute Gasteiger partial charge is 0.364 e. The first-order valence-electron chi connectivity index (χ1n) is 7.37. The summed E-state index contributed by atoms with van der Waals surface area (Å²) in [6, 6.07) is 0.467. The maximum Gasteiger partial charge on any atom is 0.291 e. The van der Waals surface area contributed by atoms with Crippen molar-refractivity contribution in [3.8, 4) is 0 Å². The number of hydrogen-bond donors (Lipinski definition) is 1. The van der Waals surface area contributed by atoms with Crippen molar-refractivity contribution in [3.05, 3.63) is 21.0 Å². The third-order valence-corrected chi connectivity index (χ3v) is 5.12. The van der Waals surface area contributed by atoms with Crippen LogP contribution in [0.5, 0.6) is 0 Å². The molecule has 1 unspecified atom stereocenters. The normalized spacial score (nSPS) is 23.1. The van der Waals surface area contributed by atoms with E-state index in [4.69, 9.17) is 0 Å². The summed E-state index contributed by atoms with van der Waals surface area (Å²) in [5.74, 6) is 0.637. The molecule has 2 aliphatic rings. The van der Waals surface area contributed by atoms with E-state index in [1.165, 1.54) is 19.3 Å². The lowest BCUT2D eigenvalue weighted by atomic mass is 9.85. The molecule has 0 amide bonds. The second kappa shape index (κ2) is 5.85. The number of nitrogens with one attached hydrogen (secondary N) is 1. The molecule has 1 aromatic heterocycles. The number of likely N-dealkylation sites (N-methyl/N-ethyl adjacent to an activating group) is 1. The van der Waals surface area contributed by atoms with E-state index in [0.29, 0.717) is 12.0 Å². The van der Waals surface area contributed by atoms with E-state index >= 15 is 0 Å². The zero-order valence-corrected chi connectivity index (χ0v) is 13.4. The lowest BCUT2D eigenvalue weighted by Crippen LogP contribution is -2.36. The van der Waals surface area contributed by atoms with Crippen LogP contribution in [0, 0.1) is 5.92 Å². The van der Waals surface area contributed by atoms with Crippen LogP contribution in [0.1, 0.15) is 25.7 Å². The van der Waals surface area contributed by atoms with Crippen LogP contribution in [-0.2, 0) is 6.54 Å². The summed E-state index contributed by atoms with van der Waals surface area (Å²) in [6.07, 6.45) is 6.59. The van der Waals surface area contributed by atoms with Crippen LogP contribution in [-0.4, -0.2) is 36.0 Å². The molecule has 0 radical (unpaired) electrons. The molecule has 2 heterocycles. The molecule has 1 aliphatic carbocycles. The van der Waals surface area contributed by atoms with Crippen molar-refractivity contribution >= 4 is 21.6 Å². The van der Waals surface area contributed by atoms with Crippen LogP contribution in [0.15, 0.2) is 15.5 Å². The topological polar surface area (TPSA) is 50.2 Å². The number of rotatable bonds is 4. The first-order valence-corrected chi connectivity index (χ1v) is 8.16. The van der Waals surface area contributed by atoms with Crippen LogP contribution in [0.4, 0.5) is 5.69 Å². The third-order valence-electron chi connectivity index (χ3n) is 4.54. The molecular formula is C14H21BrN4O. The van der Waals surface area contributed by atoms with E-state index in [1.807, 2.05) is 7.05 Å². The van der Waals surface area contributed by atoms with E-state index in [0.717, 1.165) is 36.2 Å². The molecule has 0 aromatic carbocycles. The van der Waals surface area contributed by atoms with E-state index < -0.39 is 0 Å². The van der Waals surface area contributed by atoms with Crippen molar-refractivity contribution in [2.75, 3.05) is 25.0 Å². The summed E-state index contributed by atoms with van der Waals surface area (Å²) in [7, 11) is 1.98. The lowest BCUT2D eigenvalue weighted by Gasteiger charge is -2.26. The van der Waals surface area contributed by atoms with Crippen molar-refractivity contribution in [3.63, 3.8) is 0 Å². The number of hydrogen-bond acceptors (Lipinski definition) is 4. The highest BCUT2D eigenvalue weighted by atomic mass is 79.9. The van der Waals surface area contributed by atoms with Crippen LogP contribution >= 0.6 is 15.9 Å². The summed E-state index contributed by atoms with van der Waals surface area (Å²) in [6.45, 7) is 2.58.